The monoisotopic (exact) mass is 637 g/mol. The van der Waals surface area contributed by atoms with Crippen LogP contribution in [0.5, 0.6) is 0 Å². The molecule has 3 aromatic carbocycles. The normalized spacial score (nSPS) is 18.7. The van der Waals surface area contributed by atoms with Crippen LogP contribution in [-0.2, 0) is 20.0 Å². The first-order valence-electron chi connectivity index (χ1n) is 15.4. The van der Waals surface area contributed by atoms with Gasteiger partial charge in [-0.1, -0.05) is 47.5 Å². The molecule has 0 saturated carbocycles. The third kappa shape index (κ3) is 6.86. The van der Waals surface area contributed by atoms with Gasteiger partial charge in [-0.05, 0) is 95.6 Å². The van der Waals surface area contributed by atoms with Gasteiger partial charge in [0.15, 0.2) is 0 Å². The Kier molecular flexibility index (Phi) is 9.79. The van der Waals surface area contributed by atoms with Gasteiger partial charge in [0.05, 0.1) is 16.3 Å². The van der Waals surface area contributed by atoms with Gasteiger partial charge >= 0.3 is 0 Å². The summed E-state index contributed by atoms with van der Waals surface area (Å²) < 4.78 is 61.6. The molecule has 0 aromatic heterocycles. The van der Waals surface area contributed by atoms with Gasteiger partial charge in [0.25, 0.3) is 10.0 Å². The Morgan fingerprint density at radius 2 is 1.30 bits per heavy atom. The summed E-state index contributed by atoms with van der Waals surface area (Å²) in [4.78, 5) is 6.62. The average Bonchev–Trinajstić information content (AvgIpc) is 3.69. The van der Waals surface area contributed by atoms with Crippen molar-refractivity contribution in [2.75, 3.05) is 50.7 Å². The van der Waals surface area contributed by atoms with Crippen LogP contribution >= 0.6 is 0 Å². The number of sulfonamides is 2. The molecule has 0 bridgehead atoms. The zero-order valence-corrected chi connectivity index (χ0v) is 27.7. The van der Waals surface area contributed by atoms with Crippen LogP contribution < -0.4 is 4.90 Å². The number of amidine groups is 1. The van der Waals surface area contributed by atoms with Crippen LogP contribution in [-0.4, -0.2) is 82.6 Å². The minimum absolute atomic E-state index is 0.116. The number of aryl methyl sites for hydroxylation is 2. The van der Waals surface area contributed by atoms with Gasteiger partial charge in [0.1, 0.15) is 12.0 Å². The van der Waals surface area contributed by atoms with Gasteiger partial charge in [-0.3, -0.25) is 4.90 Å². The van der Waals surface area contributed by atoms with E-state index in [0.717, 1.165) is 61.4 Å². The fourth-order valence-electron chi connectivity index (χ4n) is 5.98. The first kappa shape index (κ1) is 32.2. The molecule has 2 aliphatic heterocycles. The molecule has 3 aromatic rings. The number of rotatable bonds is 10. The highest BCUT2D eigenvalue weighted by Gasteiger charge is 2.43. The molecule has 2 saturated heterocycles. The van der Waals surface area contributed by atoms with E-state index in [1.807, 2.05) is 43.0 Å². The Labute approximate surface area is 262 Å². The molecule has 236 valence electrons. The summed E-state index contributed by atoms with van der Waals surface area (Å²) in [5, 5.41) is 0. The summed E-state index contributed by atoms with van der Waals surface area (Å²) in [6, 6.07) is 21.4. The minimum Gasteiger partial charge on any atom is -0.372 e. The average molecular weight is 638 g/mol. The topological polar surface area (TPSA) is 93.6 Å². The second-order valence-corrected chi connectivity index (χ2v) is 15.0. The molecule has 2 heterocycles. The van der Waals surface area contributed by atoms with Crippen LogP contribution in [0.15, 0.2) is 87.0 Å². The zero-order valence-electron chi connectivity index (χ0n) is 26.1. The summed E-state index contributed by atoms with van der Waals surface area (Å²) >= 11 is 0. The fourth-order valence-corrected chi connectivity index (χ4v) is 8.58. The van der Waals surface area contributed by atoms with Crippen molar-refractivity contribution >= 4 is 31.6 Å². The van der Waals surface area contributed by atoms with Gasteiger partial charge in [-0.2, -0.15) is 12.7 Å². The SMILES string of the molecule is CCN(CC)c1ccc([C@H]2N(C(CN3CCCC3)=NS(=O)(=O)c3ccc(C)cc3)CCN2S(=O)(=O)c2ccc(C)cc2)cc1. The van der Waals surface area contributed by atoms with Gasteiger partial charge in [-0.25, -0.2) is 8.42 Å². The van der Waals surface area contributed by atoms with Crippen molar-refractivity contribution in [3.05, 3.63) is 89.5 Å². The maximum Gasteiger partial charge on any atom is 0.283 e. The smallest absolute Gasteiger partial charge is 0.283 e. The summed E-state index contributed by atoms with van der Waals surface area (Å²) in [5.41, 5.74) is 3.73. The fraction of sp³-hybridized carbons (Fsp3) is 0.424. The van der Waals surface area contributed by atoms with Crippen LogP contribution in [0.1, 0.15) is 49.5 Å². The molecule has 2 fully saturated rings. The molecule has 0 amide bonds. The highest BCUT2D eigenvalue weighted by atomic mass is 32.2. The van der Waals surface area contributed by atoms with E-state index in [2.05, 4.69) is 28.0 Å². The molecule has 1 atom stereocenters. The lowest BCUT2D eigenvalue weighted by Gasteiger charge is -2.33. The van der Waals surface area contributed by atoms with Crippen molar-refractivity contribution in [1.29, 1.82) is 0 Å². The van der Waals surface area contributed by atoms with Gasteiger partial charge in [0, 0.05) is 31.9 Å². The van der Waals surface area contributed by atoms with Crippen molar-refractivity contribution in [2.24, 2.45) is 4.40 Å². The van der Waals surface area contributed by atoms with Crippen LogP contribution in [0.25, 0.3) is 0 Å². The zero-order chi connectivity index (χ0) is 31.5. The van der Waals surface area contributed by atoms with E-state index in [9.17, 15) is 16.8 Å². The summed E-state index contributed by atoms with van der Waals surface area (Å²) in [6.45, 7) is 12.2. The molecule has 44 heavy (non-hydrogen) atoms. The molecule has 5 rings (SSSR count). The predicted octanol–water partition coefficient (Wildman–Crippen LogP) is 5.04. The Balaban J connectivity index is 1.62. The second kappa shape index (κ2) is 13.4. The number of anilines is 1. The molecule has 9 nitrogen and oxygen atoms in total. The largest absolute Gasteiger partial charge is 0.372 e. The molecule has 0 radical (unpaired) electrons. The highest BCUT2D eigenvalue weighted by molar-refractivity contribution is 7.90. The molecule has 0 aliphatic carbocycles. The van der Waals surface area contributed by atoms with Crippen LogP contribution in [0.3, 0.4) is 0 Å². The molecule has 2 aliphatic rings. The van der Waals surface area contributed by atoms with E-state index < -0.39 is 26.2 Å². The van der Waals surface area contributed by atoms with Crippen molar-refractivity contribution in [1.82, 2.24) is 14.1 Å². The van der Waals surface area contributed by atoms with Crippen molar-refractivity contribution < 1.29 is 16.8 Å². The summed E-state index contributed by atoms with van der Waals surface area (Å²) in [5.74, 6) is 0.354. The third-order valence-corrected chi connectivity index (χ3v) is 11.7. The quantitative estimate of drug-likeness (QED) is 0.227. The van der Waals surface area contributed by atoms with E-state index in [1.165, 1.54) is 4.31 Å². The molecular weight excluding hydrogens is 595 g/mol. The van der Waals surface area contributed by atoms with E-state index in [1.54, 1.807) is 48.5 Å². The molecule has 0 unspecified atom stereocenters. The van der Waals surface area contributed by atoms with Gasteiger partial charge in [-0.15, -0.1) is 4.40 Å². The first-order valence-corrected chi connectivity index (χ1v) is 18.2. The minimum atomic E-state index is -4.05. The van der Waals surface area contributed by atoms with Gasteiger partial charge in [0.2, 0.25) is 10.0 Å². The number of hydrogen-bond acceptors (Lipinski definition) is 6. The lowest BCUT2D eigenvalue weighted by Crippen LogP contribution is -2.42. The van der Waals surface area contributed by atoms with Crippen molar-refractivity contribution in [3.63, 3.8) is 0 Å². The first-order chi connectivity index (χ1) is 21.0. The number of nitrogens with zero attached hydrogens (tertiary/aromatic N) is 5. The standard InChI is InChI=1S/C33H43N5O4S2/c1-5-36(6-2)29-15-13-28(14-16-29)33-37(23-24-38(33)44(41,42)31-19-11-27(4)12-20-31)32(25-35-21-7-8-22-35)34-43(39,40)30-17-9-26(3)10-18-30/h9-20,33H,5-8,21-25H2,1-4H3/t33-/m0/s1. The summed E-state index contributed by atoms with van der Waals surface area (Å²) in [6.07, 6.45) is 1.30. The van der Waals surface area contributed by atoms with Crippen LogP contribution in [0.2, 0.25) is 0 Å². The lowest BCUT2D eigenvalue weighted by atomic mass is 10.1. The van der Waals surface area contributed by atoms with E-state index in [4.69, 9.17) is 0 Å². The van der Waals surface area contributed by atoms with Crippen LogP contribution in [0, 0.1) is 13.8 Å². The highest BCUT2D eigenvalue weighted by Crippen LogP contribution is 2.37. The van der Waals surface area contributed by atoms with E-state index in [-0.39, 0.29) is 16.3 Å². The number of benzene rings is 3. The lowest BCUT2D eigenvalue weighted by molar-refractivity contribution is 0.271. The van der Waals surface area contributed by atoms with E-state index in [0.29, 0.717) is 18.9 Å². The molecular formula is C33H43N5O4S2. The predicted molar refractivity (Wildman–Crippen MR) is 176 cm³/mol. The Bertz CT molecular complexity index is 1660. The van der Waals surface area contributed by atoms with Crippen LogP contribution in [0.4, 0.5) is 5.69 Å². The number of hydrogen-bond donors (Lipinski definition) is 0. The Morgan fingerprint density at radius 3 is 1.84 bits per heavy atom. The van der Waals surface area contributed by atoms with Crippen molar-refractivity contribution in [2.45, 2.75) is 56.5 Å². The molecule has 0 spiro atoms. The maximum atomic E-state index is 14.2. The maximum absolute atomic E-state index is 14.2. The van der Waals surface area contributed by atoms with E-state index >= 15 is 0 Å². The van der Waals surface area contributed by atoms with Crippen molar-refractivity contribution in [3.8, 4) is 0 Å². The molecule has 0 N–H and O–H groups in total. The second-order valence-electron chi connectivity index (χ2n) is 11.5. The van der Waals surface area contributed by atoms with Gasteiger partial charge < -0.3 is 9.80 Å². The number of likely N-dealkylation sites (tertiary alicyclic amines) is 1. The third-order valence-electron chi connectivity index (χ3n) is 8.52. The summed E-state index contributed by atoms with van der Waals surface area (Å²) in [7, 11) is -7.97. The Hall–Kier alpha value is -3.25. The Morgan fingerprint density at radius 1 is 0.750 bits per heavy atom. The molecule has 11 heteroatoms.